The van der Waals surface area contributed by atoms with Gasteiger partial charge < -0.3 is 14.7 Å². The Morgan fingerprint density at radius 2 is 2.14 bits per heavy atom. The minimum atomic E-state index is 0.371. The van der Waals surface area contributed by atoms with Crippen LogP contribution in [-0.2, 0) is 13.7 Å². The molecule has 1 aromatic carbocycles. The van der Waals surface area contributed by atoms with Gasteiger partial charge in [0.1, 0.15) is 18.1 Å². The minimum absolute atomic E-state index is 0.371. The van der Waals surface area contributed by atoms with Crippen LogP contribution in [0.4, 0.5) is 0 Å². The molecular weight excluding hydrogens is 270 g/mol. The maximum atomic E-state index is 8.96. The zero-order valence-corrected chi connectivity index (χ0v) is 12.6. The maximum absolute atomic E-state index is 8.96. The average molecular weight is 289 g/mol. The van der Waals surface area contributed by atoms with Crippen LogP contribution >= 0.6 is 0 Å². The summed E-state index contributed by atoms with van der Waals surface area (Å²) in [5, 5.41) is 16.5. The van der Waals surface area contributed by atoms with Gasteiger partial charge in [-0.15, -0.1) is 0 Å². The van der Waals surface area contributed by atoms with E-state index in [0.717, 1.165) is 17.0 Å². The lowest BCUT2D eigenvalue weighted by atomic mass is 10.1. The molecule has 2 rings (SSSR count). The van der Waals surface area contributed by atoms with Gasteiger partial charge in [-0.25, -0.2) is 0 Å². The second-order valence-corrected chi connectivity index (χ2v) is 4.74. The molecule has 1 aromatic heterocycles. The van der Waals surface area contributed by atoms with Gasteiger partial charge in [-0.3, -0.25) is 4.68 Å². The topological polar surface area (TPSA) is 68.9 Å². The second kappa shape index (κ2) is 6.30. The molecule has 0 atom stereocenters. The lowest BCUT2D eigenvalue weighted by Crippen LogP contribution is -2.06. The van der Waals surface area contributed by atoms with E-state index in [9.17, 15) is 0 Å². The van der Waals surface area contributed by atoms with E-state index in [4.69, 9.17) is 14.7 Å². The first kappa shape index (κ1) is 14.9. The summed E-state index contributed by atoms with van der Waals surface area (Å²) in [6.07, 6.45) is 0. The van der Waals surface area contributed by atoms with Crippen molar-refractivity contribution < 1.29 is 14.7 Å². The van der Waals surface area contributed by atoms with E-state index in [1.54, 1.807) is 36.9 Å². The highest BCUT2D eigenvalue weighted by Crippen LogP contribution is 2.26. The highest BCUT2D eigenvalue weighted by Gasteiger charge is 2.11. The number of aryl methyl sites for hydroxylation is 2. The van der Waals surface area contributed by atoms with Gasteiger partial charge in [-0.05, 0) is 32.0 Å². The minimum Gasteiger partial charge on any atom is -0.497 e. The van der Waals surface area contributed by atoms with E-state index < -0.39 is 0 Å². The first-order valence-corrected chi connectivity index (χ1v) is 6.54. The molecule has 0 fully saturated rings. The predicted octanol–water partition coefficient (Wildman–Crippen LogP) is 2.51. The Morgan fingerprint density at radius 1 is 1.38 bits per heavy atom. The van der Waals surface area contributed by atoms with E-state index in [1.165, 1.54) is 0 Å². The molecule has 2 aromatic rings. The lowest BCUT2D eigenvalue weighted by Gasteiger charge is -2.12. The fourth-order valence-corrected chi connectivity index (χ4v) is 2.05. The summed E-state index contributed by atoms with van der Waals surface area (Å²) in [6.45, 7) is 4.02. The van der Waals surface area contributed by atoms with Gasteiger partial charge >= 0.3 is 0 Å². The molecule has 1 heterocycles. The summed E-state index contributed by atoms with van der Waals surface area (Å²) >= 11 is 0. The SMILES string of the molecule is COc1ccc(/C(C)=N/O)c(OCc2cc(C)nn2C)c1. The van der Waals surface area contributed by atoms with Crippen LogP contribution in [-0.4, -0.2) is 27.8 Å². The largest absolute Gasteiger partial charge is 0.497 e. The molecule has 0 saturated carbocycles. The molecule has 0 spiro atoms. The number of methoxy groups -OCH3 is 1. The molecule has 0 bridgehead atoms. The van der Waals surface area contributed by atoms with Gasteiger partial charge in [-0.1, -0.05) is 5.16 Å². The van der Waals surface area contributed by atoms with Crippen molar-refractivity contribution in [3.63, 3.8) is 0 Å². The van der Waals surface area contributed by atoms with E-state index >= 15 is 0 Å². The molecule has 21 heavy (non-hydrogen) atoms. The van der Waals surface area contributed by atoms with Crippen molar-refractivity contribution in [2.75, 3.05) is 7.11 Å². The zero-order valence-electron chi connectivity index (χ0n) is 12.6. The number of nitrogens with zero attached hydrogens (tertiary/aromatic N) is 3. The predicted molar refractivity (Wildman–Crippen MR) is 79.3 cm³/mol. The number of hydrogen-bond acceptors (Lipinski definition) is 5. The van der Waals surface area contributed by atoms with Crippen LogP contribution in [0.15, 0.2) is 29.4 Å². The molecule has 1 N–H and O–H groups in total. The van der Waals surface area contributed by atoms with Crippen LogP contribution in [0.3, 0.4) is 0 Å². The van der Waals surface area contributed by atoms with Crippen LogP contribution in [0, 0.1) is 6.92 Å². The Bertz CT molecular complexity index is 662. The molecule has 0 amide bonds. The third-order valence-corrected chi connectivity index (χ3v) is 3.20. The van der Waals surface area contributed by atoms with Gasteiger partial charge in [0.05, 0.1) is 24.2 Å². The Morgan fingerprint density at radius 3 is 2.71 bits per heavy atom. The second-order valence-electron chi connectivity index (χ2n) is 4.74. The molecule has 6 heteroatoms. The van der Waals surface area contributed by atoms with Gasteiger partial charge in [0.15, 0.2) is 0 Å². The van der Waals surface area contributed by atoms with Gasteiger partial charge in [-0.2, -0.15) is 5.10 Å². The van der Waals surface area contributed by atoms with Crippen LogP contribution in [0.2, 0.25) is 0 Å². The van der Waals surface area contributed by atoms with Crippen LogP contribution < -0.4 is 9.47 Å². The summed E-state index contributed by atoms with van der Waals surface area (Å²) in [6, 6.07) is 7.34. The summed E-state index contributed by atoms with van der Waals surface area (Å²) < 4.78 is 12.8. The summed E-state index contributed by atoms with van der Waals surface area (Å²) in [7, 11) is 3.47. The van der Waals surface area contributed by atoms with E-state index in [1.807, 2.05) is 20.0 Å². The van der Waals surface area contributed by atoms with Crippen molar-refractivity contribution >= 4 is 5.71 Å². The molecule has 0 aliphatic carbocycles. The molecule has 112 valence electrons. The number of hydrogen-bond donors (Lipinski definition) is 1. The Labute approximate surface area is 123 Å². The van der Waals surface area contributed by atoms with Gasteiger partial charge in [0, 0.05) is 18.7 Å². The van der Waals surface area contributed by atoms with Crippen molar-refractivity contribution in [1.82, 2.24) is 9.78 Å². The monoisotopic (exact) mass is 289 g/mol. The molecule has 0 unspecified atom stereocenters. The average Bonchev–Trinajstić information content (AvgIpc) is 2.81. The van der Waals surface area contributed by atoms with Crippen LogP contribution in [0.25, 0.3) is 0 Å². The maximum Gasteiger partial charge on any atom is 0.132 e. The van der Waals surface area contributed by atoms with Crippen molar-refractivity contribution in [3.05, 3.63) is 41.2 Å². The Balaban J connectivity index is 2.27. The molecule has 6 nitrogen and oxygen atoms in total. The Hall–Kier alpha value is -2.50. The van der Waals surface area contributed by atoms with Crippen LogP contribution in [0.5, 0.6) is 11.5 Å². The number of oxime groups is 1. The van der Waals surface area contributed by atoms with Crippen molar-refractivity contribution in [2.24, 2.45) is 12.2 Å². The Kier molecular flexibility index (Phi) is 4.47. The summed E-state index contributed by atoms with van der Waals surface area (Å²) in [5.74, 6) is 1.28. The number of benzene rings is 1. The highest BCUT2D eigenvalue weighted by atomic mass is 16.5. The molecule has 0 radical (unpaired) electrons. The summed E-state index contributed by atoms with van der Waals surface area (Å²) in [4.78, 5) is 0. The van der Waals surface area contributed by atoms with E-state index in [2.05, 4.69) is 10.3 Å². The number of aromatic nitrogens is 2. The highest BCUT2D eigenvalue weighted by molar-refractivity contribution is 6.00. The normalized spacial score (nSPS) is 11.5. The molecule has 0 aliphatic rings. The van der Waals surface area contributed by atoms with Crippen LogP contribution in [0.1, 0.15) is 23.9 Å². The van der Waals surface area contributed by atoms with E-state index in [-0.39, 0.29) is 0 Å². The molecular formula is C15H19N3O3. The van der Waals surface area contributed by atoms with E-state index in [0.29, 0.717) is 23.8 Å². The summed E-state index contributed by atoms with van der Waals surface area (Å²) in [5.41, 5.74) is 3.10. The van der Waals surface area contributed by atoms with Crippen molar-refractivity contribution in [1.29, 1.82) is 0 Å². The molecule has 0 saturated heterocycles. The third-order valence-electron chi connectivity index (χ3n) is 3.20. The van der Waals surface area contributed by atoms with Gasteiger partial charge in [0.2, 0.25) is 0 Å². The third kappa shape index (κ3) is 3.34. The fraction of sp³-hybridized carbons (Fsp3) is 0.333. The van der Waals surface area contributed by atoms with Crippen molar-refractivity contribution in [3.8, 4) is 11.5 Å². The van der Waals surface area contributed by atoms with Gasteiger partial charge in [0.25, 0.3) is 0 Å². The zero-order chi connectivity index (χ0) is 15.4. The lowest BCUT2D eigenvalue weighted by molar-refractivity contribution is 0.291. The molecule has 0 aliphatic heterocycles. The first-order chi connectivity index (χ1) is 10.0. The fourth-order valence-electron chi connectivity index (χ4n) is 2.05. The quantitative estimate of drug-likeness (QED) is 0.521. The number of rotatable bonds is 5. The smallest absolute Gasteiger partial charge is 0.132 e. The number of ether oxygens (including phenoxy) is 2. The first-order valence-electron chi connectivity index (χ1n) is 6.54. The van der Waals surface area contributed by atoms with Crippen molar-refractivity contribution in [2.45, 2.75) is 20.5 Å². The standard InChI is InChI=1S/C15H19N3O3/c1-10-7-12(18(3)16-10)9-21-15-8-13(20-4)5-6-14(15)11(2)17-19/h5-8,19H,9H2,1-4H3/b17-11+.